The van der Waals surface area contributed by atoms with Crippen LogP contribution in [0, 0.1) is 0 Å². The number of nitrogens with zero attached hydrogens (tertiary/aromatic N) is 1. The van der Waals surface area contributed by atoms with Gasteiger partial charge in [0.05, 0.1) is 5.69 Å². The number of rotatable bonds is 4. The largest absolute Gasteiger partial charge is 0.397 e. The molecule has 1 unspecified atom stereocenters. The van der Waals surface area contributed by atoms with Crippen LogP contribution in [0.3, 0.4) is 0 Å². The van der Waals surface area contributed by atoms with E-state index in [4.69, 9.17) is 5.73 Å². The monoisotopic (exact) mass is 264 g/mol. The highest BCUT2D eigenvalue weighted by Crippen LogP contribution is 2.16. The number of amides is 2. The van der Waals surface area contributed by atoms with Gasteiger partial charge in [-0.15, -0.1) is 0 Å². The number of nitrogen functional groups attached to an aromatic ring is 1. The van der Waals surface area contributed by atoms with Gasteiger partial charge in [0, 0.05) is 31.2 Å². The summed E-state index contributed by atoms with van der Waals surface area (Å²) >= 11 is 0. The molecule has 0 radical (unpaired) electrons. The first-order valence-electron chi connectivity index (χ1n) is 6.52. The van der Waals surface area contributed by atoms with Gasteiger partial charge >= 0.3 is 0 Å². The fourth-order valence-corrected chi connectivity index (χ4v) is 2.25. The van der Waals surface area contributed by atoms with Gasteiger partial charge in [0.1, 0.15) is 5.69 Å². The number of hydrogen-bond donors (Lipinski definition) is 3. The molecule has 0 aromatic carbocycles. The Kier molecular flexibility index (Phi) is 3.78. The van der Waals surface area contributed by atoms with Gasteiger partial charge in [-0.1, -0.05) is 0 Å². The van der Waals surface area contributed by atoms with Crippen LogP contribution in [0.25, 0.3) is 0 Å². The van der Waals surface area contributed by atoms with Crippen molar-refractivity contribution in [3.05, 3.63) is 18.0 Å². The van der Waals surface area contributed by atoms with Crippen LogP contribution in [0.4, 0.5) is 5.69 Å². The summed E-state index contributed by atoms with van der Waals surface area (Å²) in [4.78, 5) is 23.2. The van der Waals surface area contributed by atoms with Crippen LogP contribution in [-0.4, -0.2) is 29.0 Å². The van der Waals surface area contributed by atoms with Crippen molar-refractivity contribution in [1.82, 2.24) is 15.2 Å². The summed E-state index contributed by atoms with van der Waals surface area (Å²) in [6.07, 6.45) is 3.07. The highest BCUT2D eigenvalue weighted by molar-refractivity contribution is 5.94. The van der Waals surface area contributed by atoms with Crippen molar-refractivity contribution in [1.29, 1.82) is 0 Å². The van der Waals surface area contributed by atoms with E-state index < -0.39 is 0 Å². The minimum atomic E-state index is -0.161. The van der Waals surface area contributed by atoms with Crippen molar-refractivity contribution in [2.75, 3.05) is 12.3 Å². The first-order valence-corrected chi connectivity index (χ1v) is 6.52. The molecule has 0 aliphatic carbocycles. The first kappa shape index (κ1) is 13.5. The van der Waals surface area contributed by atoms with Crippen LogP contribution in [0.15, 0.2) is 12.3 Å². The second-order valence-electron chi connectivity index (χ2n) is 5.17. The van der Waals surface area contributed by atoms with Crippen LogP contribution in [0.1, 0.15) is 43.2 Å². The SMILES string of the molecule is CC(C)n1cc(N)cc1C(=O)NCC1CCC(=O)N1. The highest BCUT2D eigenvalue weighted by Gasteiger charge is 2.22. The van der Waals surface area contributed by atoms with Gasteiger partial charge in [-0.05, 0) is 26.3 Å². The Bertz CT molecular complexity index is 493. The summed E-state index contributed by atoms with van der Waals surface area (Å²) in [6, 6.07) is 1.88. The Balaban J connectivity index is 1.98. The predicted octanol–water partition coefficient (Wildman–Crippen LogP) is 0.660. The average Bonchev–Trinajstić information content (AvgIpc) is 2.92. The Morgan fingerprint density at radius 3 is 2.95 bits per heavy atom. The van der Waals surface area contributed by atoms with Crippen molar-refractivity contribution >= 4 is 17.5 Å². The molecule has 2 amide bonds. The minimum absolute atomic E-state index is 0.0382. The molecule has 1 aliphatic rings. The lowest BCUT2D eigenvalue weighted by Crippen LogP contribution is -2.39. The minimum Gasteiger partial charge on any atom is -0.397 e. The van der Waals surface area contributed by atoms with Crippen LogP contribution in [0.2, 0.25) is 0 Å². The molecule has 4 N–H and O–H groups in total. The van der Waals surface area contributed by atoms with E-state index in [1.807, 2.05) is 18.4 Å². The van der Waals surface area contributed by atoms with Crippen LogP contribution >= 0.6 is 0 Å². The molecule has 6 nitrogen and oxygen atoms in total. The molecule has 1 aromatic rings. The van der Waals surface area contributed by atoms with E-state index >= 15 is 0 Å². The third-order valence-corrected chi connectivity index (χ3v) is 3.25. The molecule has 6 heteroatoms. The molecular weight excluding hydrogens is 244 g/mol. The van der Waals surface area contributed by atoms with Gasteiger partial charge in [0.25, 0.3) is 5.91 Å². The van der Waals surface area contributed by atoms with E-state index in [1.165, 1.54) is 0 Å². The number of carbonyl (C=O) groups is 2. The molecule has 104 valence electrons. The summed E-state index contributed by atoms with van der Waals surface area (Å²) in [6.45, 7) is 4.44. The number of carbonyl (C=O) groups excluding carboxylic acids is 2. The zero-order chi connectivity index (χ0) is 14.0. The summed E-state index contributed by atoms with van der Waals surface area (Å²) in [7, 11) is 0. The smallest absolute Gasteiger partial charge is 0.268 e. The first-order chi connectivity index (χ1) is 8.97. The van der Waals surface area contributed by atoms with Gasteiger partial charge in [-0.3, -0.25) is 9.59 Å². The van der Waals surface area contributed by atoms with Gasteiger partial charge in [0.15, 0.2) is 0 Å². The van der Waals surface area contributed by atoms with E-state index in [0.29, 0.717) is 24.3 Å². The maximum Gasteiger partial charge on any atom is 0.268 e. The topological polar surface area (TPSA) is 89.2 Å². The molecule has 0 bridgehead atoms. The van der Waals surface area contributed by atoms with E-state index in [-0.39, 0.29) is 23.9 Å². The lowest BCUT2D eigenvalue weighted by Gasteiger charge is -2.14. The standard InChI is InChI=1S/C13H20N4O2/c1-8(2)17-7-9(14)5-11(17)13(19)15-6-10-3-4-12(18)16-10/h5,7-8,10H,3-4,6,14H2,1-2H3,(H,15,19)(H,16,18). The number of anilines is 1. The molecule has 0 saturated carbocycles. The molecule has 0 spiro atoms. The van der Waals surface area contributed by atoms with Gasteiger partial charge < -0.3 is 20.9 Å². The summed E-state index contributed by atoms with van der Waals surface area (Å²) in [5, 5.41) is 5.66. The fourth-order valence-electron chi connectivity index (χ4n) is 2.25. The highest BCUT2D eigenvalue weighted by atomic mass is 16.2. The average molecular weight is 264 g/mol. The molecule has 2 heterocycles. The normalized spacial score (nSPS) is 18.7. The zero-order valence-corrected chi connectivity index (χ0v) is 11.3. The number of hydrogen-bond acceptors (Lipinski definition) is 3. The Hall–Kier alpha value is -1.98. The van der Waals surface area contributed by atoms with E-state index in [9.17, 15) is 9.59 Å². The lowest BCUT2D eigenvalue weighted by atomic mass is 10.2. The van der Waals surface area contributed by atoms with Crippen molar-refractivity contribution < 1.29 is 9.59 Å². The maximum atomic E-state index is 12.1. The van der Waals surface area contributed by atoms with E-state index in [0.717, 1.165) is 6.42 Å². The molecule has 1 fully saturated rings. The van der Waals surface area contributed by atoms with E-state index in [2.05, 4.69) is 10.6 Å². The number of nitrogens with two attached hydrogens (primary N) is 1. The molecule has 2 rings (SSSR count). The summed E-state index contributed by atoms with van der Waals surface area (Å²) in [5.41, 5.74) is 6.86. The molecule has 1 aliphatic heterocycles. The second kappa shape index (κ2) is 5.34. The van der Waals surface area contributed by atoms with Crippen LogP contribution in [-0.2, 0) is 4.79 Å². The molecular formula is C13H20N4O2. The fraction of sp³-hybridized carbons (Fsp3) is 0.538. The van der Waals surface area contributed by atoms with Gasteiger partial charge in [-0.2, -0.15) is 0 Å². The number of nitrogens with one attached hydrogen (secondary N) is 2. The summed E-state index contributed by atoms with van der Waals surface area (Å²) < 4.78 is 1.85. The van der Waals surface area contributed by atoms with Crippen LogP contribution in [0.5, 0.6) is 0 Å². The predicted molar refractivity (Wildman–Crippen MR) is 72.7 cm³/mol. The Morgan fingerprint density at radius 1 is 1.63 bits per heavy atom. The van der Waals surface area contributed by atoms with E-state index in [1.54, 1.807) is 12.3 Å². The second-order valence-corrected chi connectivity index (χ2v) is 5.17. The molecule has 1 atom stereocenters. The summed E-state index contributed by atoms with van der Waals surface area (Å²) in [5.74, 6) is -0.111. The van der Waals surface area contributed by atoms with Crippen molar-refractivity contribution in [3.63, 3.8) is 0 Å². The quantitative estimate of drug-likeness (QED) is 0.746. The molecule has 19 heavy (non-hydrogen) atoms. The van der Waals surface area contributed by atoms with Crippen molar-refractivity contribution in [2.24, 2.45) is 0 Å². The van der Waals surface area contributed by atoms with Gasteiger partial charge in [-0.25, -0.2) is 0 Å². The maximum absolute atomic E-state index is 12.1. The zero-order valence-electron chi connectivity index (χ0n) is 11.3. The lowest BCUT2D eigenvalue weighted by molar-refractivity contribution is -0.119. The Morgan fingerprint density at radius 2 is 2.37 bits per heavy atom. The van der Waals surface area contributed by atoms with Gasteiger partial charge in [0.2, 0.25) is 5.91 Å². The molecule has 1 saturated heterocycles. The molecule has 1 aromatic heterocycles. The third-order valence-electron chi connectivity index (χ3n) is 3.25. The van der Waals surface area contributed by atoms with Crippen LogP contribution < -0.4 is 16.4 Å². The third kappa shape index (κ3) is 3.07. The Labute approximate surface area is 112 Å². The van der Waals surface area contributed by atoms with Crippen molar-refractivity contribution in [2.45, 2.75) is 38.8 Å². The van der Waals surface area contributed by atoms with Crippen molar-refractivity contribution in [3.8, 4) is 0 Å². The number of aromatic nitrogens is 1.